The summed E-state index contributed by atoms with van der Waals surface area (Å²) in [7, 11) is 0. The van der Waals surface area contributed by atoms with E-state index in [-0.39, 0.29) is 11.3 Å². The lowest BCUT2D eigenvalue weighted by atomic mass is 9.85. The summed E-state index contributed by atoms with van der Waals surface area (Å²) in [4.78, 5) is 26.4. The quantitative estimate of drug-likeness (QED) is 0.889. The summed E-state index contributed by atoms with van der Waals surface area (Å²) < 4.78 is 1.57. The summed E-state index contributed by atoms with van der Waals surface area (Å²) in [6, 6.07) is 4.92. The van der Waals surface area contributed by atoms with Gasteiger partial charge in [-0.15, -0.1) is 0 Å². The maximum Gasteiger partial charge on any atom is 0.337 e. The second kappa shape index (κ2) is 5.76. The van der Waals surface area contributed by atoms with Gasteiger partial charge >= 0.3 is 11.7 Å². The molecule has 0 aliphatic heterocycles. The van der Waals surface area contributed by atoms with E-state index in [9.17, 15) is 14.7 Å². The molecule has 1 aromatic carbocycles. The molecule has 0 unspecified atom stereocenters. The van der Waals surface area contributed by atoms with Crippen LogP contribution in [0.25, 0.3) is 11.0 Å². The molecule has 2 rings (SSSR count). The first-order valence-corrected chi connectivity index (χ1v) is 7.27. The van der Waals surface area contributed by atoms with Crippen LogP contribution in [0.4, 0.5) is 0 Å². The third-order valence-corrected chi connectivity index (χ3v) is 4.13. The minimum Gasteiger partial charge on any atom is -0.478 e. The SMILES string of the molecule is CC(C)C(Cn1c(=O)[nH]c2cccc(C(=O)O)c21)C(C)C. The summed E-state index contributed by atoms with van der Waals surface area (Å²) in [5.74, 6) is 0.125. The van der Waals surface area contributed by atoms with Gasteiger partial charge in [0.15, 0.2) is 0 Å². The van der Waals surface area contributed by atoms with E-state index in [4.69, 9.17) is 0 Å². The first-order chi connectivity index (χ1) is 9.82. The van der Waals surface area contributed by atoms with Crippen LogP contribution in [0, 0.1) is 17.8 Å². The fraction of sp³-hybridized carbons (Fsp3) is 0.500. The number of hydrogen-bond donors (Lipinski definition) is 2. The standard InChI is InChI=1S/C16H22N2O3/c1-9(2)12(10(3)4)8-18-14-11(15(19)20)6-5-7-13(14)17-16(18)21/h5-7,9-10,12H,8H2,1-4H3,(H,17,21)(H,19,20). The van der Waals surface area contributed by atoms with Gasteiger partial charge in [-0.2, -0.15) is 0 Å². The Bertz CT molecular complexity index is 702. The molecule has 0 amide bonds. The molecule has 0 spiro atoms. The van der Waals surface area contributed by atoms with Crippen molar-refractivity contribution in [3.63, 3.8) is 0 Å². The molecular weight excluding hydrogens is 268 g/mol. The number of benzene rings is 1. The Balaban J connectivity index is 2.60. The maximum absolute atomic E-state index is 12.2. The zero-order chi connectivity index (χ0) is 15.7. The number of carbonyl (C=O) groups is 1. The highest BCUT2D eigenvalue weighted by Crippen LogP contribution is 2.24. The van der Waals surface area contributed by atoms with Crippen molar-refractivity contribution in [2.45, 2.75) is 34.2 Å². The van der Waals surface area contributed by atoms with Crippen molar-refractivity contribution in [2.75, 3.05) is 0 Å². The Morgan fingerprint density at radius 1 is 1.24 bits per heavy atom. The lowest BCUT2D eigenvalue weighted by Gasteiger charge is -2.25. The van der Waals surface area contributed by atoms with E-state index in [0.29, 0.717) is 35.3 Å². The van der Waals surface area contributed by atoms with Crippen LogP contribution in [-0.4, -0.2) is 20.6 Å². The second-order valence-electron chi connectivity index (χ2n) is 6.20. The van der Waals surface area contributed by atoms with Gasteiger partial charge in [0.05, 0.1) is 16.6 Å². The number of imidazole rings is 1. The molecule has 2 N–H and O–H groups in total. The largest absolute Gasteiger partial charge is 0.478 e. The van der Waals surface area contributed by atoms with Crippen LogP contribution in [0.3, 0.4) is 0 Å². The molecule has 0 aliphatic rings. The van der Waals surface area contributed by atoms with Crippen molar-refractivity contribution in [3.8, 4) is 0 Å². The molecule has 114 valence electrons. The second-order valence-corrected chi connectivity index (χ2v) is 6.20. The minimum atomic E-state index is -1.01. The molecular formula is C16H22N2O3. The Morgan fingerprint density at radius 2 is 1.86 bits per heavy atom. The Hall–Kier alpha value is -2.04. The number of rotatable bonds is 5. The van der Waals surface area contributed by atoms with Gasteiger partial charge < -0.3 is 10.1 Å². The number of fused-ring (bicyclic) bond motifs is 1. The molecule has 0 atom stereocenters. The van der Waals surface area contributed by atoms with E-state index in [1.165, 1.54) is 6.07 Å². The fourth-order valence-corrected chi connectivity index (χ4v) is 2.97. The van der Waals surface area contributed by atoms with E-state index >= 15 is 0 Å². The average molecular weight is 290 g/mol. The van der Waals surface area contributed by atoms with Gasteiger partial charge in [0.2, 0.25) is 0 Å². The third-order valence-electron chi connectivity index (χ3n) is 4.13. The molecule has 0 saturated heterocycles. The molecule has 0 fully saturated rings. The predicted octanol–water partition coefficient (Wildman–Crippen LogP) is 2.96. The average Bonchev–Trinajstić information content (AvgIpc) is 2.70. The number of H-pyrrole nitrogens is 1. The van der Waals surface area contributed by atoms with Crippen LogP contribution in [0.5, 0.6) is 0 Å². The number of carboxylic acids is 1. The first kappa shape index (κ1) is 15.4. The number of aromatic carboxylic acids is 1. The van der Waals surface area contributed by atoms with Crippen molar-refractivity contribution in [1.82, 2.24) is 9.55 Å². The summed E-state index contributed by atoms with van der Waals surface area (Å²) >= 11 is 0. The van der Waals surface area contributed by atoms with Crippen molar-refractivity contribution >= 4 is 17.0 Å². The molecule has 0 saturated carbocycles. The van der Waals surface area contributed by atoms with Crippen LogP contribution in [0.1, 0.15) is 38.1 Å². The highest BCUT2D eigenvalue weighted by Gasteiger charge is 2.22. The van der Waals surface area contributed by atoms with Gasteiger partial charge in [0.25, 0.3) is 0 Å². The molecule has 21 heavy (non-hydrogen) atoms. The summed E-state index contributed by atoms with van der Waals surface area (Å²) in [5.41, 5.74) is 0.981. The van der Waals surface area contributed by atoms with Crippen molar-refractivity contribution in [2.24, 2.45) is 17.8 Å². The molecule has 0 radical (unpaired) electrons. The number of aromatic amines is 1. The van der Waals surface area contributed by atoms with E-state index < -0.39 is 5.97 Å². The first-order valence-electron chi connectivity index (χ1n) is 7.27. The molecule has 0 bridgehead atoms. The number of nitrogens with zero attached hydrogens (tertiary/aromatic N) is 1. The van der Waals surface area contributed by atoms with Gasteiger partial charge in [-0.3, -0.25) is 4.57 Å². The zero-order valence-corrected chi connectivity index (χ0v) is 12.9. The molecule has 2 aromatic rings. The van der Waals surface area contributed by atoms with Gasteiger partial charge in [-0.25, -0.2) is 9.59 Å². The third kappa shape index (κ3) is 2.86. The Kier molecular flexibility index (Phi) is 4.21. The monoisotopic (exact) mass is 290 g/mol. The van der Waals surface area contributed by atoms with Gasteiger partial charge in [0, 0.05) is 6.54 Å². The zero-order valence-electron chi connectivity index (χ0n) is 12.9. The lowest BCUT2D eigenvalue weighted by molar-refractivity contribution is 0.0698. The van der Waals surface area contributed by atoms with Crippen molar-refractivity contribution in [1.29, 1.82) is 0 Å². The van der Waals surface area contributed by atoms with E-state index in [2.05, 4.69) is 32.7 Å². The summed E-state index contributed by atoms with van der Waals surface area (Å²) in [6.07, 6.45) is 0. The van der Waals surface area contributed by atoms with Crippen LogP contribution < -0.4 is 5.69 Å². The van der Waals surface area contributed by atoms with Crippen molar-refractivity contribution in [3.05, 3.63) is 34.2 Å². The fourth-order valence-electron chi connectivity index (χ4n) is 2.97. The molecule has 0 aliphatic carbocycles. The number of para-hydroxylation sites is 1. The van der Waals surface area contributed by atoms with Crippen molar-refractivity contribution < 1.29 is 9.90 Å². The van der Waals surface area contributed by atoms with Gasteiger partial charge in [0.1, 0.15) is 0 Å². The maximum atomic E-state index is 12.2. The number of hydrogen-bond acceptors (Lipinski definition) is 2. The van der Waals surface area contributed by atoms with Gasteiger partial charge in [-0.1, -0.05) is 33.8 Å². The number of carboxylic acid groups (broad SMARTS) is 1. The highest BCUT2D eigenvalue weighted by molar-refractivity contribution is 6.01. The molecule has 5 nitrogen and oxygen atoms in total. The topological polar surface area (TPSA) is 75.1 Å². The summed E-state index contributed by atoms with van der Waals surface area (Å²) in [5, 5.41) is 9.34. The van der Waals surface area contributed by atoms with Crippen LogP contribution >= 0.6 is 0 Å². The summed E-state index contributed by atoms with van der Waals surface area (Å²) in [6.45, 7) is 9.04. The van der Waals surface area contributed by atoms with Gasteiger partial charge in [-0.05, 0) is 29.9 Å². The molecule has 5 heteroatoms. The van der Waals surface area contributed by atoms with E-state index in [1.807, 2.05) is 0 Å². The minimum absolute atomic E-state index is 0.164. The van der Waals surface area contributed by atoms with E-state index in [1.54, 1.807) is 16.7 Å². The predicted molar refractivity (Wildman–Crippen MR) is 82.7 cm³/mol. The molecule has 1 heterocycles. The van der Waals surface area contributed by atoms with E-state index in [0.717, 1.165) is 0 Å². The highest BCUT2D eigenvalue weighted by atomic mass is 16.4. The smallest absolute Gasteiger partial charge is 0.337 e. The lowest BCUT2D eigenvalue weighted by Crippen LogP contribution is -2.28. The Morgan fingerprint density at radius 3 is 2.38 bits per heavy atom. The Labute approximate surface area is 123 Å². The van der Waals surface area contributed by atoms with Crippen LogP contribution in [0.15, 0.2) is 23.0 Å². The van der Waals surface area contributed by atoms with Crippen LogP contribution in [0.2, 0.25) is 0 Å². The normalized spacial score (nSPS) is 12.0. The van der Waals surface area contributed by atoms with Crippen LogP contribution in [-0.2, 0) is 6.54 Å². The number of nitrogens with one attached hydrogen (secondary N) is 1. The number of aromatic nitrogens is 2. The molecule has 1 aromatic heterocycles.